The van der Waals surface area contributed by atoms with Gasteiger partial charge in [0, 0.05) is 60.0 Å². The molecule has 0 aliphatic carbocycles. The SMILES string of the molecule is c1ccc(-c2nc(-c3ccc(-c4ccc5nc(-c6ccccc6)c6ccc7oc8ccccc8c7c6c5c4)cc3)nc(-c3ccc4c(c3)oc3ccccc34)n2)cc1. The fraction of sp³-hybridized carbons (Fsp3) is 0. The number of hydrogen-bond donors (Lipinski definition) is 0. The summed E-state index contributed by atoms with van der Waals surface area (Å²) in [5, 5.41) is 7.63. The van der Waals surface area contributed by atoms with E-state index < -0.39 is 0 Å². The van der Waals surface area contributed by atoms with Gasteiger partial charge in [0.05, 0.1) is 11.2 Å². The second-order valence-corrected chi connectivity index (χ2v) is 14.6. The van der Waals surface area contributed by atoms with E-state index in [-0.39, 0.29) is 0 Å². The molecule has 0 aliphatic rings. The lowest BCUT2D eigenvalue weighted by Crippen LogP contribution is -2.00. The van der Waals surface area contributed by atoms with Crippen molar-refractivity contribution in [2.24, 2.45) is 0 Å². The van der Waals surface area contributed by atoms with Crippen LogP contribution in [0.2, 0.25) is 0 Å². The minimum atomic E-state index is 0.581. The highest BCUT2D eigenvalue weighted by Gasteiger charge is 2.19. The van der Waals surface area contributed by atoms with Crippen LogP contribution in [0, 0.1) is 0 Å². The van der Waals surface area contributed by atoms with Crippen molar-refractivity contribution in [3.8, 4) is 56.5 Å². The molecule has 0 radical (unpaired) electrons. The molecular weight excluding hydrogens is 713 g/mol. The van der Waals surface area contributed by atoms with Gasteiger partial charge in [-0.25, -0.2) is 19.9 Å². The van der Waals surface area contributed by atoms with Gasteiger partial charge in [0.25, 0.3) is 0 Å². The number of rotatable bonds is 5. The van der Waals surface area contributed by atoms with Crippen LogP contribution >= 0.6 is 0 Å². The van der Waals surface area contributed by atoms with E-state index in [1.165, 1.54) is 0 Å². The fourth-order valence-corrected chi connectivity index (χ4v) is 8.33. The lowest BCUT2D eigenvalue weighted by Gasteiger charge is -2.13. The van der Waals surface area contributed by atoms with Gasteiger partial charge in [-0.15, -0.1) is 0 Å². The minimum Gasteiger partial charge on any atom is -0.456 e. The number of fused-ring (bicyclic) bond motifs is 10. The molecule has 12 rings (SSSR count). The molecule has 6 heteroatoms. The quantitative estimate of drug-likeness (QED) is 0.163. The van der Waals surface area contributed by atoms with Crippen molar-refractivity contribution < 1.29 is 8.83 Å². The van der Waals surface area contributed by atoms with Crippen molar-refractivity contribution in [3.63, 3.8) is 0 Å². The Hall–Kier alpha value is -7.96. The third-order valence-electron chi connectivity index (χ3n) is 11.1. The third-order valence-corrected chi connectivity index (χ3v) is 11.1. The Morgan fingerprint density at radius 2 is 0.810 bits per heavy atom. The molecule has 0 atom stereocenters. The summed E-state index contributed by atoms with van der Waals surface area (Å²) in [6.07, 6.45) is 0. The first-order valence-corrected chi connectivity index (χ1v) is 19.3. The van der Waals surface area contributed by atoms with E-state index in [9.17, 15) is 0 Å². The van der Waals surface area contributed by atoms with E-state index in [2.05, 4.69) is 109 Å². The van der Waals surface area contributed by atoms with E-state index in [1.807, 2.05) is 72.8 Å². The molecule has 0 spiro atoms. The molecule has 0 unspecified atom stereocenters. The van der Waals surface area contributed by atoms with Crippen molar-refractivity contribution in [1.82, 2.24) is 19.9 Å². The number of hydrogen-bond acceptors (Lipinski definition) is 6. The zero-order chi connectivity index (χ0) is 38.2. The Balaban J connectivity index is 0.992. The van der Waals surface area contributed by atoms with Gasteiger partial charge in [0.15, 0.2) is 17.5 Å². The van der Waals surface area contributed by atoms with Crippen LogP contribution in [0.25, 0.3) is 122 Å². The maximum absolute atomic E-state index is 6.39. The number of furan rings is 2. The third kappa shape index (κ3) is 5.20. The van der Waals surface area contributed by atoms with Crippen LogP contribution < -0.4 is 0 Å². The van der Waals surface area contributed by atoms with Crippen LogP contribution in [0.5, 0.6) is 0 Å². The van der Waals surface area contributed by atoms with Crippen molar-refractivity contribution >= 4 is 65.6 Å². The molecule has 12 aromatic rings. The highest BCUT2D eigenvalue weighted by atomic mass is 16.3. The first kappa shape index (κ1) is 32.3. The summed E-state index contributed by atoms with van der Waals surface area (Å²) in [6.45, 7) is 0. The second-order valence-electron chi connectivity index (χ2n) is 14.6. The topological polar surface area (TPSA) is 77.8 Å². The monoisotopic (exact) mass is 742 g/mol. The van der Waals surface area contributed by atoms with Gasteiger partial charge in [-0.05, 0) is 59.7 Å². The number of para-hydroxylation sites is 2. The lowest BCUT2D eigenvalue weighted by atomic mass is 9.94. The van der Waals surface area contributed by atoms with E-state index in [0.29, 0.717) is 17.5 Å². The van der Waals surface area contributed by atoms with E-state index in [1.54, 1.807) is 0 Å². The van der Waals surface area contributed by atoms with Crippen molar-refractivity contribution in [2.75, 3.05) is 0 Å². The smallest absolute Gasteiger partial charge is 0.164 e. The lowest BCUT2D eigenvalue weighted by molar-refractivity contribution is 0.668. The van der Waals surface area contributed by atoms with Crippen LogP contribution in [-0.4, -0.2) is 19.9 Å². The summed E-state index contributed by atoms with van der Waals surface area (Å²) in [5.41, 5.74) is 11.2. The van der Waals surface area contributed by atoms with Crippen LogP contribution in [0.15, 0.2) is 191 Å². The standard InChI is InChI=1S/C52H30N4O2/c1-3-11-32(12-4-1)49-40-26-28-45-48(39-16-8-10-18-44(39)57-45)47(40)41-29-35(24-27-42(41)53-49)31-19-21-34(22-20-31)51-54-50(33-13-5-2-6-14-33)55-52(56-51)36-23-25-38-37-15-7-9-17-43(37)58-46(38)30-36/h1-30H. The van der Waals surface area contributed by atoms with Crippen LogP contribution in [0.1, 0.15) is 0 Å². The maximum atomic E-state index is 6.39. The van der Waals surface area contributed by atoms with E-state index >= 15 is 0 Å². The predicted octanol–water partition coefficient (Wildman–Crippen LogP) is 13.7. The molecule has 8 aromatic carbocycles. The molecule has 58 heavy (non-hydrogen) atoms. The summed E-state index contributed by atoms with van der Waals surface area (Å²) < 4.78 is 12.6. The van der Waals surface area contributed by atoms with Crippen LogP contribution in [-0.2, 0) is 0 Å². The van der Waals surface area contributed by atoms with Crippen molar-refractivity contribution in [3.05, 3.63) is 182 Å². The molecule has 0 saturated heterocycles. The Morgan fingerprint density at radius 3 is 1.57 bits per heavy atom. The maximum Gasteiger partial charge on any atom is 0.164 e. The molecule has 4 heterocycles. The number of nitrogens with zero attached hydrogens (tertiary/aromatic N) is 4. The van der Waals surface area contributed by atoms with Crippen LogP contribution in [0.4, 0.5) is 0 Å². The molecule has 270 valence electrons. The Labute approximate surface area is 331 Å². The van der Waals surface area contributed by atoms with E-state index in [4.69, 9.17) is 28.8 Å². The largest absolute Gasteiger partial charge is 0.456 e. The summed E-state index contributed by atoms with van der Waals surface area (Å²) in [7, 11) is 0. The zero-order valence-corrected chi connectivity index (χ0v) is 30.9. The molecular formula is C52H30N4O2. The number of aromatic nitrogens is 4. The summed E-state index contributed by atoms with van der Waals surface area (Å²) in [5.74, 6) is 1.78. The minimum absolute atomic E-state index is 0.581. The Kier molecular flexibility index (Phi) is 7.13. The van der Waals surface area contributed by atoms with Gasteiger partial charge < -0.3 is 8.83 Å². The Bertz CT molecular complexity index is 3560. The first-order chi connectivity index (χ1) is 28.7. The van der Waals surface area contributed by atoms with Gasteiger partial charge in [0.2, 0.25) is 0 Å². The summed E-state index contributed by atoms with van der Waals surface area (Å²) in [4.78, 5) is 20.3. The Morgan fingerprint density at radius 1 is 0.276 bits per heavy atom. The summed E-state index contributed by atoms with van der Waals surface area (Å²) in [6, 6.07) is 62.2. The fourth-order valence-electron chi connectivity index (χ4n) is 8.33. The molecule has 0 bridgehead atoms. The van der Waals surface area contributed by atoms with Crippen LogP contribution in [0.3, 0.4) is 0 Å². The van der Waals surface area contributed by atoms with E-state index in [0.717, 1.165) is 105 Å². The van der Waals surface area contributed by atoms with Gasteiger partial charge in [0.1, 0.15) is 22.3 Å². The normalized spacial score (nSPS) is 11.8. The summed E-state index contributed by atoms with van der Waals surface area (Å²) >= 11 is 0. The van der Waals surface area contributed by atoms with Crippen molar-refractivity contribution in [2.45, 2.75) is 0 Å². The molecule has 6 nitrogen and oxygen atoms in total. The van der Waals surface area contributed by atoms with Gasteiger partial charge >= 0.3 is 0 Å². The molecule has 0 saturated carbocycles. The van der Waals surface area contributed by atoms with Gasteiger partial charge in [-0.1, -0.05) is 133 Å². The number of benzene rings is 8. The highest BCUT2D eigenvalue weighted by Crippen LogP contribution is 2.42. The van der Waals surface area contributed by atoms with Gasteiger partial charge in [-0.2, -0.15) is 0 Å². The molecule has 0 aliphatic heterocycles. The number of pyridine rings is 1. The second kappa shape index (κ2) is 12.8. The predicted molar refractivity (Wildman–Crippen MR) is 234 cm³/mol. The average molecular weight is 743 g/mol. The molecule has 4 aromatic heterocycles. The van der Waals surface area contributed by atoms with Crippen molar-refractivity contribution in [1.29, 1.82) is 0 Å². The highest BCUT2D eigenvalue weighted by molar-refractivity contribution is 6.28. The molecule has 0 amide bonds. The molecule has 0 N–H and O–H groups in total. The average Bonchev–Trinajstić information content (AvgIpc) is 3.87. The van der Waals surface area contributed by atoms with Gasteiger partial charge in [-0.3, -0.25) is 0 Å². The molecule has 0 fully saturated rings. The first-order valence-electron chi connectivity index (χ1n) is 19.3. The zero-order valence-electron chi connectivity index (χ0n) is 30.9.